The van der Waals surface area contributed by atoms with Gasteiger partial charge in [-0.1, -0.05) is 31.4 Å². The Hall–Kier alpha value is -1.62. The van der Waals surface area contributed by atoms with Crippen LogP contribution < -0.4 is 10.6 Å². The lowest BCUT2D eigenvalue weighted by Gasteiger charge is -2.11. The molecule has 0 aliphatic heterocycles. The molecule has 0 unspecified atom stereocenters. The number of halogens is 1. The zero-order valence-electron chi connectivity index (χ0n) is 15.4. The fourth-order valence-electron chi connectivity index (χ4n) is 2.39. The Labute approximate surface area is 146 Å². The lowest BCUT2D eigenvalue weighted by molar-refractivity contribution is 0.389. The van der Waals surface area contributed by atoms with Crippen LogP contribution in [0.15, 0.2) is 29.3 Å². The predicted octanol–water partition coefficient (Wildman–Crippen LogP) is 3.39. The summed E-state index contributed by atoms with van der Waals surface area (Å²) < 4.78 is 12.9. The van der Waals surface area contributed by atoms with E-state index in [1.165, 1.54) is 44.4 Å². The van der Waals surface area contributed by atoms with E-state index in [4.69, 9.17) is 0 Å². The van der Waals surface area contributed by atoms with Crippen molar-refractivity contribution < 1.29 is 4.39 Å². The zero-order chi connectivity index (χ0) is 17.6. The monoisotopic (exact) mass is 336 g/mol. The fourth-order valence-corrected chi connectivity index (χ4v) is 2.39. The first kappa shape index (κ1) is 20.4. The number of hydrogen-bond donors (Lipinski definition) is 2. The van der Waals surface area contributed by atoms with Gasteiger partial charge < -0.3 is 15.5 Å². The molecule has 2 N–H and O–H groups in total. The van der Waals surface area contributed by atoms with E-state index in [0.29, 0.717) is 6.54 Å². The van der Waals surface area contributed by atoms with Gasteiger partial charge in [0.2, 0.25) is 0 Å². The van der Waals surface area contributed by atoms with Gasteiger partial charge in [-0.3, -0.25) is 0 Å². The molecule has 136 valence electrons. The molecule has 0 fully saturated rings. The minimum absolute atomic E-state index is 0.210. The van der Waals surface area contributed by atoms with Crippen LogP contribution in [0.3, 0.4) is 0 Å². The van der Waals surface area contributed by atoms with E-state index in [2.05, 4.69) is 41.5 Å². The third kappa shape index (κ3) is 10.2. The van der Waals surface area contributed by atoms with Gasteiger partial charge in [0.15, 0.2) is 5.96 Å². The Bertz CT molecular complexity index is 457. The molecule has 0 aliphatic carbocycles. The summed E-state index contributed by atoms with van der Waals surface area (Å²) in [7, 11) is 4.24. The molecule has 0 atom stereocenters. The standard InChI is InChI=1S/C19H33FN4/c1-4-21-19(23-16-17-10-12-18(20)13-11-17)22-14-8-6-5-7-9-15-24(2)3/h10-13H,4-9,14-16H2,1-3H3,(H2,21,22,23). The van der Waals surface area contributed by atoms with Crippen LogP contribution in [0.4, 0.5) is 4.39 Å². The molecule has 1 aromatic carbocycles. The highest BCUT2D eigenvalue weighted by atomic mass is 19.1. The molecule has 0 aliphatic rings. The Morgan fingerprint density at radius 2 is 1.67 bits per heavy atom. The quantitative estimate of drug-likeness (QED) is 0.370. The van der Waals surface area contributed by atoms with Crippen molar-refractivity contribution >= 4 is 5.96 Å². The molecular weight excluding hydrogens is 303 g/mol. The van der Waals surface area contributed by atoms with E-state index in [1.54, 1.807) is 12.1 Å². The largest absolute Gasteiger partial charge is 0.357 e. The molecule has 1 rings (SSSR count). The topological polar surface area (TPSA) is 39.7 Å². The molecule has 0 spiro atoms. The summed E-state index contributed by atoms with van der Waals surface area (Å²) in [6.07, 6.45) is 6.28. The predicted molar refractivity (Wildman–Crippen MR) is 101 cm³/mol. The van der Waals surface area contributed by atoms with Gasteiger partial charge in [0.1, 0.15) is 5.82 Å². The molecule has 5 heteroatoms. The molecule has 0 heterocycles. The first-order valence-electron chi connectivity index (χ1n) is 9.03. The Balaban J connectivity index is 2.20. The summed E-state index contributed by atoms with van der Waals surface area (Å²) >= 11 is 0. The molecule has 4 nitrogen and oxygen atoms in total. The highest BCUT2D eigenvalue weighted by Gasteiger charge is 1.98. The summed E-state index contributed by atoms with van der Waals surface area (Å²) in [4.78, 5) is 6.78. The van der Waals surface area contributed by atoms with Crippen LogP contribution in [0.25, 0.3) is 0 Å². The third-order valence-electron chi connectivity index (χ3n) is 3.75. The first-order valence-corrected chi connectivity index (χ1v) is 9.03. The van der Waals surface area contributed by atoms with Crippen LogP contribution in [0.2, 0.25) is 0 Å². The van der Waals surface area contributed by atoms with Gasteiger partial charge in [-0.05, 0) is 58.1 Å². The van der Waals surface area contributed by atoms with Crippen molar-refractivity contribution in [2.45, 2.75) is 45.6 Å². The van der Waals surface area contributed by atoms with Gasteiger partial charge >= 0.3 is 0 Å². The van der Waals surface area contributed by atoms with E-state index in [1.807, 2.05) is 0 Å². The number of benzene rings is 1. The fraction of sp³-hybridized carbons (Fsp3) is 0.632. The number of hydrogen-bond acceptors (Lipinski definition) is 2. The Morgan fingerprint density at radius 1 is 1.00 bits per heavy atom. The van der Waals surface area contributed by atoms with Gasteiger partial charge in [-0.2, -0.15) is 0 Å². The molecule has 1 aromatic rings. The van der Waals surface area contributed by atoms with Crippen molar-refractivity contribution in [3.05, 3.63) is 35.6 Å². The minimum Gasteiger partial charge on any atom is -0.357 e. The van der Waals surface area contributed by atoms with Crippen LogP contribution in [-0.2, 0) is 6.54 Å². The molecule has 0 saturated carbocycles. The number of guanidine groups is 1. The first-order chi connectivity index (χ1) is 11.6. The third-order valence-corrected chi connectivity index (χ3v) is 3.75. The Morgan fingerprint density at radius 3 is 2.33 bits per heavy atom. The van der Waals surface area contributed by atoms with Crippen molar-refractivity contribution in [1.82, 2.24) is 15.5 Å². The molecule has 0 radical (unpaired) electrons. The SMILES string of the molecule is CCNC(=NCc1ccc(F)cc1)NCCCCCCCN(C)C. The van der Waals surface area contributed by atoms with E-state index >= 15 is 0 Å². The summed E-state index contributed by atoms with van der Waals surface area (Å²) in [5, 5.41) is 6.62. The van der Waals surface area contributed by atoms with E-state index in [9.17, 15) is 4.39 Å². The zero-order valence-corrected chi connectivity index (χ0v) is 15.4. The van der Waals surface area contributed by atoms with Crippen LogP contribution >= 0.6 is 0 Å². The van der Waals surface area contributed by atoms with E-state index in [-0.39, 0.29) is 5.82 Å². The normalized spacial score (nSPS) is 11.8. The lowest BCUT2D eigenvalue weighted by Crippen LogP contribution is -2.37. The average molecular weight is 336 g/mol. The highest BCUT2D eigenvalue weighted by molar-refractivity contribution is 5.79. The van der Waals surface area contributed by atoms with E-state index in [0.717, 1.165) is 31.0 Å². The van der Waals surface area contributed by atoms with Crippen molar-refractivity contribution in [3.63, 3.8) is 0 Å². The Kier molecular flexibility index (Phi) is 10.9. The van der Waals surface area contributed by atoms with Gasteiger partial charge in [-0.15, -0.1) is 0 Å². The minimum atomic E-state index is -0.210. The summed E-state index contributed by atoms with van der Waals surface area (Å²) in [5.41, 5.74) is 1.01. The number of aliphatic imine (C=N–C) groups is 1. The summed E-state index contributed by atoms with van der Waals surface area (Å²) in [6.45, 7) is 5.56. The van der Waals surface area contributed by atoms with Crippen LogP contribution in [0.5, 0.6) is 0 Å². The van der Waals surface area contributed by atoms with Crippen molar-refractivity contribution in [1.29, 1.82) is 0 Å². The van der Waals surface area contributed by atoms with Gasteiger partial charge in [0.05, 0.1) is 6.54 Å². The van der Waals surface area contributed by atoms with Crippen LogP contribution in [-0.4, -0.2) is 44.6 Å². The average Bonchev–Trinajstić information content (AvgIpc) is 2.56. The number of nitrogens with one attached hydrogen (secondary N) is 2. The lowest BCUT2D eigenvalue weighted by atomic mass is 10.1. The maximum absolute atomic E-state index is 12.9. The van der Waals surface area contributed by atoms with Gasteiger partial charge in [-0.25, -0.2) is 9.38 Å². The van der Waals surface area contributed by atoms with Crippen molar-refractivity contribution in [2.75, 3.05) is 33.7 Å². The molecular formula is C19H33FN4. The summed E-state index contributed by atoms with van der Waals surface area (Å²) in [5.74, 6) is 0.618. The molecule has 24 heavy (non-hydrogen) atoms. The number of nitrogens with zero attached hydrogens (tertiary/aromatic N) is 2. The second kappa shape index (κ2) is 12.8. The second-order valence-corrected chi connectivity index (χ2v) is 6.32. The van der Waals surface area contributed by atoms with Crippen molar-refractivity contribution in [3.8, 4) is 0 Å². The molecule has 0 amide bonds. The maximum Gasteiger partial charge on any atom is 0.191 e. The highest BCUT2D eigenvalue weighted by Crippen LogP contribution is 2.04. The van der Waals surface area contributed by atoms with Crippen molar-refractivity contribution in [2.24, 2.45) is 4.99 Å². The molecule has 0 aromatic heterocycles. The summed E-state index contributed by atoms with van der Waals surface area (Å²) in [6, 6.07) is 6.50. The smallest absolute Gasteiger partial charge is 0.191 e. The van der Waals surface area contributed by atoms with E-state index < -0.39 is 0 Å². The molecule has 0 saturated heterocycles. The molecule has 0 bridgehead atoms. The second-order valence-electron chi connectivity index (χ2n) is 6.32. The number of rotatable bonds is 11. The maximum atomic E-state index is 12.9. The number of unbranched alkanes of at least 4 members (excludes halogenated alkanes) is 4. The van der Waals surface area contributed by atoms with Crippen LogP contribution in [0.1, 0.15) is 44.6 Å². The van der Waals surface area contributed by atoms with Crippen LogP contribution in [0, 0.1) is 5.82 Å². The van der Waals surface area contributed by atoms with Gasteiger partial charge in [0.25, 0.3) is 0 Å². The van der Waals surface area contributed by atoms with Gasteiger partial charge in [0, 0.05) is 13.1 Å².